The van der Waals surface area contributed by atoms with Crippen LogP contribution in [0.5, 0.6) is 5.75 Å². The van der Waals surface area contributed by atoms with Crippen molar-refractivity contribution in [2.24, 2.45) is 0 Å². The molecule has 0 aliphatic heterocycles. The molecule has 0 unspecified atom stereocenters. The SMILES string of the molecule is CCOc1ccccc1-c1nc(CC)n(C(C)(C)C)c1N. The maximum Gasteiger partial charge on any atom is 0.132 e. The summed E-state index contributed by atoms with van der Waals surface area (Å²) < 4.78 is 7.83. The van der Waals surface area contributed by atoms with E-state index in [1.165, 1.54) is 0 Å². The lowest BCUT2D eigenvalue weighted by atomic mass is 10.1. The number of hydrogen-bond acceptors (Lipinski definition) is 3. The van der Waals surface area contributed by atoms with Crippen LogP contribution in [0.15, 0.2) is 24.3 Å². The van der Waals surface area contributed by atoms with Crippen LogP contribution in [0.2, 0.25) is 0 Å². The molecule has 1 aromatic heterocycles. The van der Waals surface area contributed by atoms with E-state index in [4.69, 9.17) is 15.5 Å². The Morgan fingerprint density at radius 2 is 1.86 bits per heavy atom. The number of ether oxygens (including phenoxy) is 1. The number of aromatic nitrogens is 2. The molecule has 0 bridgehead atoms. The topological polar surface area (TPSA) is 53.1 Å². The summed E-state index contributed by atoms with van der Waals surface area (Å²) in [5.74, 6) is 2.53. The van der Waals surface area contributed by atoms with Crippen molar-refractivity contribution in [1.82, 2.24) is 9.55 Å². The Morgan fingerprint density at radius 1 is 1.19 bits per heavy atom. The monoisotopic (exact) mass is 287 g/mol. The normalized spacial score (nSPS) is 11.7. The average molecular weight is 287 g/mol. The summed E-state index contributed by atoms with van der Waals surface area (Å²) in [5, 5.41) is 0. The van der Waals surface area contributed by atoms with Gasteiger partial charge in [-0.25, -0.2) is 4.98 Å². The largest absolute Gasteiger partial charge is 0.493 e. The fraction of sp³-hybridized carbons (Fsp3) is 0.471. The minimum Gasteiger partial charge on any atom is -0.493 e. The number of rotatable bonds is 4. The molecule has 2 N–H and O–H groups in total. The molecule has 0 amide bonds. The third-order valence-electron chi connectivity index (χ3n) is 3.41. The van der Waals surface area contributed by atoms with Crippen LogP contribution >= 0.6 is 0 Å². The molecule has 0 aliphatic carbocycles. The lowest BCUT2D eigenvalue weighted by Gasteiger charge is -2.24. The summed E-state index contributed by atoms with van der Waals surface area (Å²) in [6, 6.07) is 7.92. The summed E-state index contributed by atoms with van der Waals surface area (Å²) >= 11 is 0. The number of para-hydroxylation sites is 1. The number of nitrogens with two attached hydrogens (primary N) is 1. The van der Waals surface area contributed by atoms with Gasteiger partial charge in [-0.2, -0.15) is 0 Å². The highest BCUT2D eigenvalue weighted by atomic mass is 16.5. The van der Waals surface area contributed by atoms with Crippen molar-refractivity contribution in [3.8, 4) is 17.0 Å². The van der Waals surface area contributed by atoms with Crippen molar-refractivity contribution in [1.29, 1.82) is 0 Å². The molecule has 4 heteroatoms. The number of nitrogens with zero attached hydrogens (tertiary/aromatic N) is 2. The zero-order valence-electron chi connectivity index (χ0n) is 13.6. The Morgan fingerprint density at radius 3 is 2.38 bits per heavy atom. The van der Waals surface area contributed by atoms with Crippen molar-refractivity contribution >= 4 is 5.82 Å². The highest BCUT2D eigenvalue weighted by Gasteiger charge is 2.24. The predicted molar refractivity (Wildman–Crippen MR) is 87.6 cm³/mol. The summed E-state index contributed by atoms with van der Waals surface area (Å²) in [4.78, 5) is 4.77. The van der Waals surface area contributed by atoms with Crippen LogP contribution in [0.3, 0.4) is 0 Å². The lowest BCUT2D eigenvalue weighted by Crippen LogP contribution is -2.25. The number of benzene rings is 1. The predicted octanol–water partition coefficient (Wildman–Crippen LogP) is 3.85. The second-order valence-corrected chi connectivity index (χ2v) is 6.05. The molecule has 0 saturated heterocycles. The van der Waals surface area contributed by atoms with E-state index < -0.39 is 0 Å². The molecular formula is C17H25N3O. The van der Waals surface area contributed by atoms with E-state index in [1.54, 1.807) is 0 Å². The molecule has 4 nitrogen and oxygen atoms in total. The minimum absolute atomic E-state index is 0.0960. The van der Waals surface area contributed by atoms with Gasteiger partial charge in [-0.3, -0.25) is 0 Å². The maximum absolute atomic E-state index is 6.41. The van der Waals surface area contributed by atoms with E-state index in [9.17, 15) is 0 Å². The van der Waals surface area contributed by atoms with Gasteiger partial charge in [0.2, 0.25) is 0 Å². The van der Waals surface area contributed by atoms with Crippen LogP contribution < -0.4 is 10.5 Å². The number of aryl methyl sites for hydroxylation is 1. The van der Waals surface area contributed by atoms with Crippen molar-refractivity contribution in [2.45, 2.75) is 46.6 Å². The van der Waals surface area contributed by atoms with Crippen LogP contribution in [0, 0.1) is 0 Å². The number of nitrogen functional groups attached to an aromatic ring is 1. The molecule has 0 aliphatic rings. The van der Waals surface area contributed by atoms with Crippen molar-refractivity contribution in [2.75, 3.05) is 12.3 Å². The van der Waals surface area contributed by atoms with Crippen molar-refractivity contribution in [3.63, 3.8) is 0 Å². The molecule has 1 aromatic carbocycles. The van der Waals surface area contributed by atoms with E-state index in [1.807, 2.05) is 31.2 Å². The van der Waals surface area contributed by atoms with Gasteiger partial charge in [0.1, 0.15) is 23.1 Å². The van der Waals surface area contributed by atoms with Gasteiger partial charge in [0, 0.05) is 17.5 Å². The Balaban J connectivity index is 2.64. The van der Waals surface area contributed by atoms with E-state index >= 15 is 0 Å². The minimum atomic E-state index is -0.0960. The van der Waals surface area contributed by atoms with Crippen LogP contribution in [0.4, 0.5) is 5.82 Å². The summed E-state index contributed by atoms with van der Waals surface area (Å²) in [6.45, 7) is 11.1. The quantitative estimate of drug-likeness (QED) is 0.929. The first-order valence-corrected chi connectivity index (χ1v) is 7.49. The Kier molecular flexibility index (Phi) is 4.26. The van der Waals surface area contributed by atoms with Crippen LogP contribution in [-0.4, -0.2) is 16.2 Å². The van der Waals surface area contributed by atoms with E-state index in [-0.39, 0.29) is 5.54 Å². The third kappa shape index (κ3) is 2.89. The molecule has 0 saturated carbocycles. The van der Waals surface area contributed by atoms with E-state index in [0.29, 0.717) is 12.4 Å². The molecule has 0 fully saturated rings. The fourth-order valence-corrected chi connectivity index (χ4v) is 2.61. The van der Waals surface area contributed by atoms with E-state index in [2.05, 4.69) is 32.3 Å². The Hall–Kier alpha value is -1.97. The zero-order valence-corrected chi connectivity index (χ0v) is 13.6. The summed E-state index contributed by atoms with van der Waals surface area (Å²) in [6.07, 6.45) is 0.846. The zero-order chi connectivity index (χ0) is 15.6. The van der Waals surface area contributed by atoms with Gasteiger partial charge in [-0.1, -0.05) is 19.1 Å². The molecule has 0 radical (unpaired) electrons. The molecule has 1 heterocycles. The highest BCUT2D eigenvalue weighted by Crippen LogP contribution is 2.36. The molecule has 114 valence electrons. The summed E-state index contributed by atoms with van der Waals surface area (Å²) in [7, 11) is 0. The molecule has 2 rings (SSSR count). The third-order valence-corrected chi connectivity index (χ3v) is 3.41. The first-order chi connectivity index (χ1) is 9.90. The molecule has 0 spiro atoms. The Bertz CT molecular complexity index is 623. The molecular weight excluding hydrogens is 262 g/mol. The van der Waals surface area contributed by atoms with Gasteiger partial charge < -0.3 is 15.0 Å². The van der Waals surface area contributed by atoms with Crippen LogP contribution in [0.25, 0.3) is 11.3 Å². The number of anilines is 1. The smallest absolute Gasteiger partial charge is 0.132 e. The molecule has 21 heavy (non-hydrogen) atoms. The van der Waals surface area contributed by atoms with Gasteiger partial charge >= 0.3 is 0 Å². The average Bonchev–Trinajstić information content (AvgIpc) is 2.76. The molecule has 2 aromatic rings. The summed E-state index contributed by atoms with van der Waals surface area (Å²) in [5.41, 5.74) is 8.08. The van der Waals surface area contributed by atoms with Gasteiger partial charge in [0.15, 0.2) is 0 Å². The van der Waals surface area contributed by atoms with Gasteiger partial charge in [-0.05, 0) is 39.8 Å². The maximum atomic E-state index is 6.41. The standard InChI is InChI=1S/C17H25N3O/c1-6-14-19-15(16(18)20(14)17(3,4)5)12-10-8-9-11-13(12)21-7-2/h8-11H,6-7,18H2,1-5H3. The highest BCUT2D eigenvalue weighted by molar-refractivity contribution is 5.76. The van der Waals surface area contributed by atoms with Crippen LogP contribution in [-0.2, 0) is 12.0 Å². The van der Waals surface area contributed by atoms with Gasteiger partial charge in [0.25, 0.3) is 0 Å². The lowest BCUT2D eigenvalue weighted by molar-refractivity contribution is 0.341. The van der Waals surface area contributed by atoms with Crippen molar-refractivity contribution in [3.05, 3.63) is 30.1 Å². The first kappa shape index (κ1) is 15.4. The van der Waals surface area contributed by atoms with Crippen LogP contribution in [0.1, 0.15) is 40.4 Å². The number of imidazole rings is 1. The Labute approximate surface area is 127 Å². The first-order valence-electron chi connectivity index (χ1n) is 7.49. The fourth-order valence-electron chi connectivity index (χ4n) is 2.61. The van der Waals surface area contributed by atoms with Gasteiger partial charge in [0.05, 0.1) is 6.61 Å². The van der Waals surface area contributed by atoms with Crippen molar-refractivity contribution < 1.29 is 4.74 Å². The molecule has 0 atom stereocenters. The van der Waals surface area contributed by atoms with Gasteiger partial charge in [-0.15, -0.1) is 0 Å². The second kappa shape index (κ2) is 5.80. The van der Waals surface area contributed by atoms with E-state index in [0.717, 1.165) is 29.3 Å². The number of hydrogen-bond donors (Lipinski definition) is 1. The second-order valence-electron chi connectivity index (χ2n) is 6.05.